The topological polar surface area (TPSA) is 78.9 Å². The molecule has 8 nitrogen and oxygen atoms in total. The zero-order chi connectivity index (χ0) is 14.1. The molecule has 0 unspecified atom stereocenters. The summed E-state index contributed by atoms with van der Waals surface area (Å²) in [5.41, 5.74) is 0.121. The largest absolute Gasteiger partial charge is 0.379 e. The second-order valence-electron chi connectivity index (χ2n) is 4.32. The minimum Gasteiger partial charge on any atom is -0.379 e. The number of morpholine rings is 1. The fourth-order valence-corrected chi connectivity index (χ4v) is 2.18. The number of rotatable bonds is 2. The van der Waals surface area contributed by atoms with Crippen LogP contribution in [0.3, 0.4) is 0 Å². The molecule has 3 amide bonds. The summed E-state index contributed by atoms with van der Waals surface area (Å²) in [6.45, 7) is 5.81. The maximum atomic E-state index is 12.5. The molecule has 104 valence electrons. The molecular formula is C12H13N5O3. The molecule has 20 heavy (non-hydrogen) atoms. The van der Waals surface area contributed by atoms with E-state index in [1.54, 1.807) is 5.01 Å². The minimum atomic E-state index is -0.472. The Balaban J connectivity index is 1.90. The summed E-state index contributed by atoms with van der Waals surface area (Å²) in [7, 11) is 0. The minimum absolute atomic E-state index is 0.121. The average Bonchev–Trinajstić information content (AvgIpc) is 2.71. The maximum Gasteiger partial charge on any atom is 0.352 e. The highest BCUT2D eigenvalue weighted by Gasteiger charge is 2.44. The number of aromatic nitrogens is 2. The number of hydrogen-bond donors (Lipinski definition) is 0. The number of amides is 3. The van der Waals surface area contributed by atoms with Gasteiger partial charge in [0.15, 0.2) is 0 Å². The molecule has 8 heteroatoms. The number of hydrogen-bond acceptors (Lipinski definition) is 6. The Hall–Kier alpha value is -2.32. The van der Waals surface area contributed by atoms with Crippen molar-refractivity contribution in [2.24, 2.45) is 0 Å². The van der Waals surface area contributed by atoms with Crippen molar-refractivity contribution in [2.45, 2.75) is 0 Å². The SMILES string of the molecule is C=C1C(=O)N(c2ccncn2)C(=O)N1N1CCOCC1. The van der Waals surface area contributed by atoms with Crippen LogP contribution in [0.2, 0.25) is 0 Å². The number of carbonyl (C=O) groups excluding carboxylic acids is 2. The average molecular weight is 275 g/mol. The van der Waals surface area contributed by atoms with E-state index in [0.29, 0.717) is 26.3 Å². The standard InChI is InChI=1S/C12H13N5O3/c1-9-11(18)16(10-2-3-13-8-14-10)12(19)17(9)15-4-6-20-7-5-15/h2-3,8H,1,4-7H2. The molecule has 0 N–H and O–H groups in total. The van der Waals surface area contributed by atoms with Crippen molar-refractivity contribution >= 4 is 17.8 Å². The van der Waals surface area contributed by atoms with Crippen molar-refractivity contribution < 1.29 is 14.3 Å². The lowest BCUT2D eigenvalue weighted by molar-refractivity contribution is -0.115. The van der Waals surface area contributed by atoms with Crippen LogP contribution in [0.1, 0.15) is 0 Å². The number of anilines is 1. The molecule has 2 fully saturated rings. The highest BCUT2D eigenvalue weighted by molar-refractivity contribution is 6.25. The van der Waals surface area contributed by atoms with Crippen LogP contribution in [-0.4, -0.2) is 58.2 Å². The Bertz CT molecular complexity index is 555. The summed E-state index contributed by atoms with van der Waals surface area (Å²) >= 11 is 0. The summed E-state index contributed by atoms with van der Waals surface area (Å²) in [4.78, 5) is 33.4. The van der Waals surface area contributed by atoms with E-state index in [-0.39, 0.29) is 11.5 Å². The number of imide groups is 1. The molecule has 0 saturated carbocycles. The molecule has 2 aliphatic rings. The first-order valence-electron chi connectivity index (χ1n) is 6.16. The predicted molar refractivity (Wildman–Crippen MR) is 68.3 cm³/mol. The number of urea groups is 1. The smallest absolute Gasteiger partial charge is 0.352 e. The lowest BCUT2D eigenvalue weighted by atomic mass is 10.4. The third-order valence-corrected chi connectivity index (χ3v) is 3.14. The Morgan fingerprint density at radius 1 is 1.25 bits per heavy atom. The van der Waals surface area contributed by atoms with Crippen molar-refractivity contribution in [3.8, 4) is 0 Å². The first kappa shape index (κ1) is 12.7. The Kier molecular flexibility index (Phi) is 3.17. The molecule has 0 radical (unpaired) electrons. The summed E-state index contributed by atoms with van der Waals surface area (Å²) in [5, 5.41) is 3.06. The molecule has 2 aliphatic heterocycles. The fourth-order valence-electron chi connectivity index (χ4n) is 2.18. The maximum absolute atomic E-state index is 12.5. The van der Waals surface area contributed by atoms with E-state index in [4.69, 9.17) is 4.74 Å². The van der Waals surface area contributed by atoms with Gasteiger partial charge in [-0.3, -0.25) is 4.79 Å². The summed E-state index contributed by atoms with van der Waals surface area (Å²) in [6, 6.07) is 1.03. The normalized spacial score (nSPS) is 20.9. The van der Waals surface area contributed by atoms with Gasteiger partial charge in [0, 0.05) is 19.3 Å². The number of carbonyl (C=O) groups is 2. The van der Waals surface area contributed by atoms with Crippen LogP contribution in [0.25, 0.3) is 0 Å². The van der Waals surface area contributed by atoms with Crippen LogP contribution in [0.4, 0.5) is 10.6 Å². The van der Waals surface area contributed by atoms with Crippen LogP contribution >= 0.6 is 0 Å². The lowest BCUT2D eigenvalue weighted by Crippen LogP contribution is -2.49. The van der Waals surface area contributed by atoms with E-state index in [9.17, 15) is 9.59 Å². The van der Waals surface area contributed by atoms with Gasteiger partial charge in [0.2, 0.25) is 0 Å². The first-order chi connectivity index (χ1) is 9.70. The molecule has 0 aromatic carbocycles. The van der Waals surface area contributed by atoms with Gasteiger partial charge in [0.25, 0.3) is 5.91 Å². The van der Waals surface area contributed by atoms with Gasteiger partial charge in [-0.25, -0.2) is 29.7 Å². The van der Waals surface area contributed by atoms with Crippen LogP contribution < -0.4 is 4.90 Å². The highest BCUT2D eigenvalue weighted by Crippen LogP contribution is 2.26. The van der Waals surface area contributed by atoms with Crippen LogP contribution in [0, 0.1) is 0 Å². The number of hydrazine groups is 1. The Morgan fingerprint density at radius 3 is 2.65 bits per heavy atom. The molecule has 0 atom stereocenters. The van der Waals surface area contributed by atoms with Gasteiger partial charge < -0.3 is 4.74 Å². The quantitative estimate of drug-likeness (QED) is 0.558. The fraction of sp³-hybridized carbons (Fsp3) is 0.333. The summed E-state index contributed by atoms with van der Waals surface area (Å²) < 4.78 is 5.24. The molecule has 1 aromatic heterocycles. The number of nitrogens with zero attached hydrogens (tertiary/aromatic N) is 5. The first-order valence-corrected chi connectivity index (χ1v) is 6.16. The van der Waals surface area contributed by atoms with Crippen molar-refractivity contribution in [3.05, 3.63) is 30.9 Å². The molecule has 0 spiro atoms. The predicted octanol–water partition coefficient (Wildman–Crippen LogP) is 0.00610. The second kappa shape index (κ2) is 4.99. The van der Waals surface area contributed by atoms with Crippen LogP contribution in [-0.2, 0) is 9.53 Å². The van der Waals surface area contributed by atoms with E-state index in [2.05, 4.69) is 16.5 Å². The van der Waals surface area contributed by atoms with Crippen molar-refractivity contribution in [1.29, 1.82) is 0 Å². The van der Waals surface area contributed by atoms with Gasteiger partial charge in [-0.15, -0.1) is 0 Å². The van der Waals surface area contributed by atoms with E-state index in [1.165, 1.54) is 23.6 Å². The molecular weight excluding hydrogens is 262 g/mol. The van der Waals surface area contributed by atoms with Gasteiger partial charge in [0.1, 0.15) is 17.8 Å². The number of ether oxygens (including phenoxy) is 1. The van der Waals surface area contributed by atoms with Gasteiger partial charge in [-0.05, 0) is 6.07 Å². The van der Waals surface area contributed by atoms with Crippen molar-refractivity contribution in [3.63, 3.8) is 0 Å². The Labute approximate surface area is 115 Å². The van der Waals surface area contributed by atoms with E-state index in [1.807, 2.05) is 0 Å². The summed E-state index contributed by atoms with van der Waals surface area (Å²) in [5.74, 6) is -0.230. The zero-order valence-electron chi connectivity index (χ0n) is 10.7. The van der Waals surface area contributed by atoms with Gasteiger partial charge in [0.05, 0.1) is 13.2 Å². The lowest BCUT2D eigenvalue weighted by Gasteiger charge is -2.33. The summed E-state index contributed by atoms with van der Waals surface area (Å²) in [6.07, 6.45) is 2.76. The van der Waals surface area contributed by atoms with Crippen LogP contribution in [0.15, 0.2) is 30.9 Å². The van der Waals surface area contributed by atoms with Gasteiger partial charge >= 0.3 is 6.03 Å². The van der Waals surface area contributed by atoms with Gasteiger partial charge in [-0.2, -0.15) is 0 Å². The van der Waals surface area contributed by atoms with E-state index in [0.717, 1.165) is 4.90 Å². The highest BCUT2D eigenvalue weighted by atomic mass is 16.5. The van der Waals surface area contributed by atoms with Crippen LogP contribution in [0.5, 0.6) is 0 Å². The third kappa shape index (κ3) is 1.95. The van der Waals surface area contributed by atoms with E-state index < -0.39 is 11.9 Å². The third-order valence-electron chi connectivity index (χ3n) is 3.14. The molecule has 0 aliphatic carbocycles. The second-order valence-corrected chi connectivity index (χ2v) is 4.32. The molecule has 2 saturated heterocycles. The molecule has 1 aromatic rings. The molecule has 0 bridgehead atoms. The van der Waals surface area contributed by atoms with Crippen molar-refractivity contribution in [2.75, 3.05) is 31.2 Å². The Morgan fingerprint density at radius 2 is 2.00 bits per heavy atom. The zero-order valence-corrected chi connectivity index (χ0v) is 10.7. The monoisotopic (exact) mass is 275 g/mol. The molecule has 3 rings (SSSR count). The van der Waals surface area contributed by atoms with Crippen molar-refractivity contribution in [1.82, 2.24) is 20.0 Å². The van der Waals surface area contributed by atoms with E-state index >= 15 is 0 Å². The molecule has 3 heterocycles. The van der Waals surface area contributed by atoms with Gasteiger partial charge in [-0.1, -0.05) is 6.58 Å².